The lowest BCUT2D eigenvalue weighted by molar-refractivity contribution is 0.483. The van der Waals surface area contributed by atoms with Crippen LogP contribution in [0.25, 0.3) is 33.4 Å². The zero-order valence-corrected chi connectivity index (χ0v) is 19.1. The summed E-state index contributed by atoms with van der Waals surface area (Å²) in [7, 11) is -4.28. The van der Waals surface area contributed by atoms with Crippen LogP contribution in [-0.4, -0.2) is 26.1 Å². The van der Waals surface area contributed by atoms with E-state index in [0.717, 1.165) is 72.0 Å². The molecule has 0 radical (unpaired) electrons. The molecule has 0 aromatic heterocycles. The molecule has 0 saturated heterocycles. The summed E-state index contributed by atoms with van der Waals surface area (Å²) in [6.07, 6.45) is 4.18. The lowest BCUT2D eigenvalue weighted by Crippen LogP contribution is -2.34. The van der Waals surface area contributed by atoms with Gasteiger partial charge in [0.1, 0.15) is 11.3 Å². The van der Waals surface area contributed by atoms with E-state index in [1.807, 2.05) is 13.0 Å². The minimum atomic E-state index is -4.28. The van der Waals surface area contributed by atoms with Gasteiger partial charge in [-0.1, -0.05) is 6.07 Å². The molecule has 33 heavy (non-hydrogen) atoms. The summed E-state index contributed by atoms with van der Waals surface area (Å²) in [6.45, 7) is 3.99. The summed E-state index contributed by atoms with van der Waals surface area (Å²) in [5, 5.41) is 9.52. The molecule has 0 fully saturated rings. The average molecular weight is 461 g/mol. The number of anilines is 1. The Morgan fingerprint density at radius 1 is 1.00 bits per heavy atom. The molecule has 3 heterocycles. The van der Waals surface area contributed by atoms with Crippen molar-refractivity contribution in [2.24, 2.45) is 0 Å². The van der Waals surface area contributed by atoms with Crippen molar-refractivity contribution in [2.75, 3.05) is 18.0 Å². The van der Waals surface area contributed by atoms with E-state index in [9.17, 15) is 13.0 Å². The van der Waals surface area contributed by atoms with E-state index in [2.05, 4.69) is 11.0 Å². The molecule has 4 aliphatic rings. The third-order valence-corrected chi connectivity index (χ3v) is 7.82. The van der Waals surface area contributed by atoms with E-state index in [0.29, 0.717) is 11.1 Å². The number of fused-ring (bicyclic) bond motifs is 3. The van der Waals surface area contributed by atoms with Gasteiger partial charge in [-0.2, -0.15) is 8.42 Å². The molecule has 2 aromatic rings. The molecular formula is C26H24N2O4S. The fourth-order valence-electron chi connectivity index (χ4n) is 5.57. The second kappa shape index (κ2) is 7.17. The van der Waals surface area contributed by atoms with Crippen LogP contribution in [0.15, 0.2) is 51.8 Å². The van der Waals surface area contributed by atoms with Crippen molar-refractivity contribution in [3.8, 4) is 22.5 Å². The molecule has 6 nitrogen and oxygen atoms in total. The Labute approximate surface area is 192 Å². The summed E-state index contributed by atoms with van der Waals surface area (Å²) in [5.41, 5.74) is 8.25. The molecule has 2 aromatic carbocycles. The summed E-state index contributed by atoms with van der Waals surface area (Å²) in [5.74, 6) is 0.646. The highest BCUT2D eigenvalue weighted by molar-refractivity contribution is 7.85. The topological polar surface area (TPSA) is 94.6 Å². The fraction of sp³-hybridized carbons (Fsp3) is 0.269. The molecule has 0 amide bonds. The minimum Gasteiger partial charge on any atom is -0.456 e. The van der Waals surface area contributed by atoms with Crippen molar-refractivity contribution in [2.45, 2.75) is 37.5 Å². The molecule has 3 aliphatic heterocycles. The van der Waals surface area contributed by atoms with Crippen LogP contribution in [0.5, 0.6) is 0 Å². The number of hydrogen-bond donors (Lipinski definition) is 2. The van der Waals surface area contributed by atoms with Crippen molar-refractivity contribution in [3.63, 3.8) is 0 Å². The van der Waals surface area contributed by atoms with Crippen molar-refractivity contribution >= 4 is 26.8 Å². The highest BCUT2D eigenvalue weighted by atomic mass is 32.2. The summed E-state index contributed by atoms with van der Waals surface area (Å²) in [6, 6.07) is 12.4. The van der Waals surface area contributed by atoms with Gasteiger partial charge in [0.05, 0.1) is 10.3 Å². The van der Waals surface area contributed by atoms with Crippen LogP contribution in [0.2, 0.25) is 0 Å². The number of hydrogen-bond acceptors (Lipinski definition) is 5. The average Bonchev–Trinajstić information content (AvgIpc) is 2.78. The first-order chi connectivity index (χ1) is 15.8. The second-order valence-electron chi connectivity index (χ2n) is 9.07. The molecule has 0 atom stereocenters. The zero-order chi connectivity index (χ0) is 22.9. The Balaban J connectivity index is 1.75. The Bertz CT molecular complexity index is 1580. The molecule has 0 unspecified atom stereocenters. The number of benzene rings is 3. The van der Waals surface area contributed by atoms with Crippen LogP contribution in [0.3, 0.4) is 0 Å². The van der Waals surface area contributed by atoms with Gasteiger partial charge >= 0.3 is 0 Å². The van der Waals surface area contributed by atoms with Gasteiger partial charge in [-0.25, -0.2) is 0 Å². The van der Waals surface area contributed by atoms with Gasteiger partial charge in [-0.15, -0.1) is 0 Å². The van der Waals surface area contributed by atoms with E-state index < -0.39 is 10.1 Å². The smallest absolute Gasteiger partial charge is 0.294 e. The third kappa shape index (κ3) is 3.18. The Kier molecular flexibility index (Phi) is 4.44. The van der Waals surface area contributed by atoms with Crippen LogP contribution in [0, 0.1) is 12.3 Å². The monoisotopic (exact) mass is 460 g/mol. The normalized spacial score (nSPS) is 15.8. The first kappa shape index (κ1) is 20.4. The molecule has 1 aliphatic carbocycles. The molecule has 2 N–H and O–H groups in total. The highest BCUT2D eigenvalue weighted by Crippen LogP contribution is 2.47. The highest BCUT2D eigenvalue weighted by Gasteiger charge is 2.29. The standard InChI is InChI=1S/C26H24N2O4S/c1-15-12-18(33(29,30)31)7-9-19(15)24-20-8-6-17(27)14-23(20)32-26-21-5-3-11-28-10-2-4-16(25(21)28)13-22(24)26/h6-9,12-14,27H,2-5,10-11H2,1H3,(H,29,30,31). The van der Waals surface area contributed by atoms with Gasteiger partial charge in [0.15, 0.2) is 0 Å². The lowest BCUT2D eigenvalue weighted by atomic mass is 9.85. The van der Waals surface area contributed by atoms with Crippen LogP contribution in [-0.2, 0) is 23.0 Å². The fourth-order valence-corrected chi connectivity index (χ4v) is 6.13. The maximum absolute atomic E-state index is 11.7. The second-order valence-corrected chi connectivity index (χ2v) is 10.5. The van der Waals surface area contributed by atoms with E-state index >= 15 is 0 Å². The van der Waals surface area contributed by atoms with Gasteiger partial charge in [-0.05, 0) is 79.6 Å². The van der Waals surface area contributed by atoms with E-state index in [1.54, 1.807) is 18.2 Å². The summed E-state index contributed by atoms with van der Waals surface area (Å²) >= 11 is 0. The summed E-state index contributed by atoms with van der Waals surface area (Å²) in [4.78, 5) is 2.36. The quantitative estimate of drug-likeness (QED) is 0.326. The molecular weight excluding hydrogens is 436 g/mol. The Morgan fingerprint density at radius 2 is 1.76 bits per heavy atom. The Hall–Kier alpha value is -3.16. The molecule has 6 rings (SSSR count). The van der Waals surface area contributed by atoms with Gasteiger partial charge < -0.3 is 14.7 Å². The maximum atomic E-state index is 11.7. The predicted molar refractivity (Wildman–Crippen MR) is 128 cm³/mol. The van der Waals surface area contributed by atoms with Crippen LogP contribution >= 0.6 is 0 Å². The van der Waals surface area contributed by atoms with E-state index in [-0.39, 0.29) is 4.90 Å². The third-order valence-electron chi connectivity index (χ3n) is 6.97. The number of aryl methyl sites for hydroxylation is 3. The molecule has 0 saturated carbocycles. The SMILES string of the molecule is Cc1cc(S(=O)(=O)O)ccc1-c1c2ccc(=N)cc-2oc2c3c4c(cc12)CCCN4CCC3. The van der Waals surface area contributed by atoms with Gasteiger partial charge in [-0.3, -0.25) is 4.55 Å². The van der Waals surface area contributed by atoms with E-state index in [4.69, 9.17) is 9.83 Å². The summed E-state index contributed by atoms with van der Waals surface area (Å²) < 4.78 is 39.4. The van der Waals surface area contributed by atoms with Crippen LogP contribution in [0.4, 0.5) is 5.69 Å². The Morgan fingerprint density at radius 3 is 2.52 bits per heavy atom. The predicted octanol–water partition coefficient (Wildman–Crippen LogP) is 4.94. The van der Waals surface area contributed by atoms with Gasteiger partial charge in [0, 0.05) is 46.9 Å². The van der Waals surface area contributed by atoms with Gasteiger partial charge in [0.2, 0.25) is 0 Å². The van der Waals surface area contributed by atoms with Crippen molar-refractivity contribution in [1.82, 2.24) is 0 Å². The zero-order valence-electron chi connectivity index (χ0n) is 18.3. The van der Waals surface area contributed by atoms with Crippen molar-refractivity contribution < 1.29 is 17.4 Å². The molecule has 0 bridgehead atoms. The number of rotatable bonds is 2. The minimum absolute atomic E-state index is 0.116. The van der Waals surface area contributed by atoms with E-state index in [1.165, 1.54) is 28.9 Å². The van der Waals surface area contributed by atoms with Crippen LogP contribution in [0.1, 0.15) is 29.5 Å². The van der Waals surface area contributed by atoms with Crippen LogP contribution < -0.4 is 10.3 Å². The molecule has 0 spiro atoms. The van der Waals surface area contributed by atoms with Crippen molar-refractivity contribution in [3.05, 3.63) is 64.5 Å². The van der Waals surface area contributed by atoms with Gasteiger partial charge in [0.25, 0.3) is 10.1 Å². The first-order valence-electron chi connectivity index (χ1n) is 11.2. The number of nitrogens with zero attached hydrogens (tertiary/aromatic N) is 1. The lowest BCUT2D eigenvalue weighted by Gasteiger charge is -2.37. The number of nitrogens with one attached hydrogen (secondary N) is 1. The maximum Gasteiger partial charge on any atom is 0.294 e. The molecule has 168 valence electrons. The first-order valence-corrected chi connectivity index (χ1v) is 12.7. The molecule has 7 heteroatoms. The largest absolute Gasteiger partial charge is 0.456 e. The van der Waals surface area contributed by atoms with Crippen molar-refractivity contribution in [1.29, 1.82) is 5.41 Å².